The minimum atomic E-state index is 0. The van der Waals surface area contributed by atoms with Crippen molar-refractivity contribution in [3.8, 4) is 0 Å². The number of halogens is 2. The third kappa shape index (κ3) is 7.14. The number of benzene rings is 1. The molecule has 0 aromatic heterocycles. The summed E-state index contributed by atoms with van der Waals surface area (Å²) >= 11 is 0. The third-order valence-corrected chi connectivity index (χ3v) is 4.97. The first kappa shape index (κ1) is 22.2. The largest absolute Gasteiger partial charge is 0.351 e. The Kier molecular flexibility index (Phi) is 10.4. The lowest BCUT2D eigenvalue weighted by molar-refractivity contribution is -0.123. The van der Waals surface area contributed by atoms with Gasteiger partial charge in [-0.3, -0.25) is 9.69 Å². The number of piperidine rings is 2. The molecule has 6 heteroatoms. The molecule has 2 aliphatic rings. The summed E-state index contributed by atoms with van der Waals surface area (Å²) in [6.45, 7) is 5.10. The topological polar surface area (TPSA) is 44.4 Å². The van der Waals surface area contributed by atoms with E-state index < -0.39 is 0 Å². The van der Waals surface area contributed by atoms with E-state index in [-0.39, 0.29) is 36.8 Å². The van der Waals surface area contributed by atoms with Crippen LogP contribution >= 0.6 is 24.8 Å². The molecule has 3 rings (SSSR count). The molecule has 0 radical (unpaired) electrons. The van der Waals surface area contributed by atoms with E-state index in [2.05, 4.69) is 39.8 Å². The summed E-state index contributed by atoms with van der Waals surface area (Å²) in [7, 11) is 0. The van der Waals surface area contributed by atoms with Gasteiger partial charge in [-0.2, -0.15) is 0 Å². The number of carbonyl (C=O) groups is 1. The molecule has 142 valence electrons. The summed E-state index contributed by atoms with van der Waals surface area (Å²) in [5, 5.41) is 6.35. The van der Waals surface area contributed by atoms with E-state index >= 15 is 0 Å². The average molecular weight is 388 g/mol. The second kappa shape index (κ2) is 11.7. The van der Waals surface area contributed by atoms with Gasteiger partial charge in [0.15, 0.2) is 0 Å². The zero-order chi connectivity index (χ0) is 15.9. The van der Waals surface area contributed by atoms with Gasteiger partial charge in [0, 0.05) is 13.1 Å². The molecule has 25 heavy (non-hydrogen) atoms. The van der Waals surface area contributed by atoms with Crippen LogP contribution in [0.3, 0.4) is 0 Å². The number of hydrogen-bond donors (Lipinski definition) is 2. The highest BCUT2D eigenvalue weighted by Gasteiger charge is 2.19. The maximum Gasteiger partial charge on any atom is 0.237 e. The lowest BCUT2D eigenvalue weighted by atomic mass is 10.0. The molecule has 1 aromatic rings. The Morgan fingerprint density at radius 3 is 2.32 bits per heavy atom. The molecule has 2 fully saturated rings. The summed E-state index contributed by atoms with van der Waals surface area (Å²) in [6.07, 6.45) is 7.34. The van der Waals surface area contributed by atoms with Gasteiger partial charge in [-0.1, -0.05) is 37.1 Å². The minimum absolute atomic E-state index is 0. The number of carbonyl (C=O) groups excluding carboxylic acids is 1. The van der Waals surface area contributed by atoms with Crippen LogP contribution in [-0.2, 0) is 17.9 Å². The van der Waals surface area contributed by atoms with Crippen LogP contribution in [0, 0.1) is 0 Å². The van der Waals surface area contributed by atoms with E-state index in [0.29, 0.717) is 6.54 Å². The Morgan fingerprint density at radius 2 is 1.68 bits per heavy atom. The fourth-order valence-electron chi connectivity index (χ4n) is 3.53. The molecule has 2 N–H and O–H groups in total. The van der Waals surface area contributed by atoms with Gasteiger partial charge < -0.3 is 10.6 Å². The molecular weight excluding hydrogens is 357 g/mol. The van der Waals surface area contributed by atoms with Gasteiger partial charge in [0.25, 0.3) is 0 Å². The second-order valence-electron chi connectivity index (χ2n) is 6.87. The lowest BCUT2D eigenvalue weighted by Crippen LogP contribution is -2.46. The van der Waals surface area contributed by atoms with Crippen molar-refractivity contribution in [2.75, 3.05) is 19.6 Å². The van der Waals surface area contributed by atoms with Crippen molar-refractivity contribution in [3.63, 3.8) is 0 Å². The van der Waals surface area contributed by atoms with Crippen molar-refractivity contribution >= 4 is 30.7 Å². The fourth-order valence-corrected chi connectivity index (χ4v) is 3.53. The molecule has 1 atom stereocenters. The fraction of sp³-hybridized carbons (Fsp3) is 0.632. The highest BCUT2D eigenvalue weighted by molar-refractivity contribution is 5.85. The SMILES string of the molecule is Cl.Cl.O=C(NCc1ccc(CN2CCCCC2)cc1)[C@H]1CCCCN1. The zero-order valence-electron chi connectivity index (χ0n) is 14.8. The first-order valence-electron chi connectivity index (χ1n) is 9.12. The van der Waals surface area contributed by atoms with Crippen LogP contribution in [0.2, 0.25) is 0 Å². The van der Waals surface area contributed by atoms with E-state index in [1.54, 1.807) is 0 Å². The Balaban J connectivity index is 0.00000156. The van der Waals surface area contributed by atoms with Gasteiger partial charge in [0.1, 0.15) is 0 Å². The van der Waals surface area contributed by atoms with Gasteiger partial charge in [0.05, 0.1) is 6.04 Å². The van der Waals surface area contributed by atoms with E-state index in [9.17, 15) is 4.79 Å². The lowest BCUT2D eigenvalue weighted by Gasteiger charge is -2.26. The molecule has 1 aromatic carbocycles. The van der Waals surface area contributed by atoms with E-state index in [4.69, 9.17) is 0 Å². The summed E-state index contributed by atoms with van der Waals surface area (Å²) in [5.41, 5.74) is 2.55. The molecule has 0 spiro atoms. The van der Waals surface area contributed by atoms with Gasteiger partial charge in [-0.15, -0.1) is 24.8 Å². The Hall–Kier alpha value is -0.810. The van der Waals surface area contributed by atoms with Gasteiger partial charge in [0.2, 0.25) is 5.91 Å². The van der Waals surface area contributed by atoms with Crippen LogP contribution in [-0.4, -0.2) is 36.5 Å². The highest BCUT2D eigenvalue weighted by atomic mass is 35.5. The molecule has 0 bridgehead atoms. The van der Waals surface area contributed by atoms with Crippen molar-refractivity contribution in [3.05, 3.63) is 35.4 Å². The maximum absolute atomic E-state index is 12.1. The van der Waals surface area contributed by atoms with E-state index in [1.807, 2.05) is 0 Å². The average Bonchev–Trinajstić information content (AvgIpc) is 2.62. The number of nitrogens with zero attached hydrogens (tertiary/aromatic N) is 1. The standard InChI is InChI=1S/C19H29N3O.2ClH/c23-19(18-6-2-3-11-20-18)21-14-16-7-9-17(10-8-16)15-22-12-4-1-5-13-22;;/h7-10,18,20H,1-6,11-15H2,(H,21,23);2*1H/t18-;;/m1../s1. The van der Waals surface area contributed by atoms with Gasteiger partial charge >= 0.3 is 0 Å². The van der Waals surface area contributed by atoms with Gasteiger partial charge in [-0.25, -0.2) is 0 Å². The number of hydrogen-bond acceptors (Lipinski definition) is 3. The second-order valence-corrected chi connectivity index (χ2v) is 6.87. The summed E-state index contributed by atoms with van der Waals surface area (Å²) in [4.78, 5) is 14.7. The quantitative estimate of drug-likeness (QED) is 0.814. The van der Waals surface area contributed by atoms with Crippen LogP contribution in [0.15, 0.2) is 24.3 Å². The predicted molar refractivity (Wildman–Crippen MR) is 108 cm³/mol. The predicted octanol–water partition coefficient (Wildman–Crippen LogP) is 3.27. The zero-order valence-corrected chi connectivity index (χ0v) is 16.5. The molecule has 2 heterocycles. The van der Waals surface area contributed by atoms with E-state index in [1.165, 1.54) is 49.9 Å². The van der Waals surface area contributed by atoms with Crippen LogP contribution < -0.4 is 10.6 Å². The Morgan fingerprint density at radius 1 is 1.00 bits per heavy atom. The van der Waals surface area contributed by atoms with Crippen LogP contribution in [0.5, 0.6) is 0 Å². The third-order valence-electron chi connectivity index (χ3n) is 4.97. The molecule has 0 unspecified atom stereocenters. The normalized spacial score (nSPS) is 20.9. The number of amides is 1. The molecular formula is C19H31Cl2N3O. The van der Waals surface area contributed by atoms with Crippen molar-refractivity contribution in [2.24, 2.45) is 0 Å². The Labute approximate surface area is 163 Å². The smallest absolute Gasteiger partial charge is 0.237 e. The molecule has 4 nitrogen and oxygen atoms in total. The van der Waals surface area contributed by atoms with Crippen molar-refractivity contribution in [1.29, 1.82) is 0 Å². The maximum atomic E-state index is 12.1. The number of rotatable bonds is 5. The van der Waals surface area contributed by atoms with Gasteiger partial charge in [-0.05, 0) is 56.4 Å². The molecule has 2 saturated heterocycles. The summed E-state index contributed by atoms with van der Waals surface area (Å²) in [5.74, 6) is 0.141. The first-order valence-corrected chi connectivity index (χ1v) is 9.12. The van der Waals surface area contributed by atoms with E-state index in [0.717, 1.165) is 25.9 Å². The van der Waals surface area contributed by atoms with Crippen LogP contribution in [0.1, 0.15) is 49.7 Å². The number of nitrogens with one attached hydrogen (secondary N) is 2. The monoisotopic (exact) mass is 387 g/mol. The molecule has 0 aliphatic carbocycles. The highest BCUT2D eigenvalue weighted by Crippen LogP contribution is 2.14. The first-order chi connectivity index (χ1) is 11.3. The van der Waals surface area contributed by atoms with Crippen LogP contribution in [0.25, 0.3) is 0 Å². The van der Waals surface area contributed by atoms with Crippen molar-refractivity contribution in [1.82, 2.24) is 15.5 Å². The Bertz CT molecular complexity index is 498. The van der Waals surface area contributed by atoms with Crippen molar-refractivity contribution in [2.45, 2.75) is 57.7 Å². The molecule has 2 aliphatic heterocycles. The molecule has 1 amide bonds. The summed E-state index contributed by atoms with van der Waals surface area (Å²) in [6, 6.07) is 8.70. The van der Waals surface area contributed by atoms with Crippen molar-refractivity contribution < 1.29 is 4.79 Å². The molecule has 0 saturated carbocycles. The number of likely N-dealkylation sites (tertiary alicyclic amines) is 1. The van der Waals surface area contributed by atoms with Crippen LogP contribution in [0.4, 0.5) is 0 Å². The minimum Gasteiger partial charge on any atom is -0.351 e. The summed E-state index contributed by atoms with van der Waals surface area (Å²) < 4.78 is 0.